The van der Waals surface area contributed by atoms with E-state index in [2.05, 4.69) is 17.2 Å². The Bertz CT molecular complexity index is 195. The van der Waals surface area contributed by atoms with Crippen molar-refractivity contribution in [1.82, 2.24) is 10.6 Å². The van der Waals surface area contributed by atoms with Gasteiger partial charge < -0.3 is 16.4 Å². The quantitative estimate of drug-likeness (QED) is 0.355. The van der Waals surface area contributed by atoms with Crippen LogP contribution < -0.4 is 16.4 Å². The van der Waals surface area contributed by atoms with E-state index in [0.29, 0.717) is 19.5 Å². The summed E-state index contributed by atoms with van der Waals surface area (Å²) in [4.78, 5) is 11.4. The second-order valence-corrected chi connectivity index (χ2v) is 4.13. The highest BCUT2D eigenvalue weighted by molar-refractivity contribution is 5.75. The molecule has 0 radical (unpaired) electrons. The van der Waals surface area contributed by atoms with E-state index in [0.717, 1.165) is 32.4 Å². The van der Waals surface area contributed by atoms with E-state index in [9.17, 15) is 4.79 Å². The average molecular weight is 241 g/mol. The van der Waals surface area contributed by atoms with Gasteiger partial charge in [0.2, 0.25) is 5.91 Å². The van der Waals surface area contributed by atoms with Gasteiger partial charge in [-0.2, -0.15) is 0 Å². The highest BCUT2D eigenvalue weighted by Crippen LogP contribution is 2.05. The van der Waals surface area contributed by atoms with Crippen LogP contribution in [0.15, 0.2) is 12.7 Å². The van der Waals surface area contributed by atoms with E-state index < -0.39 is 0 Å². The number of carbonyl (C=O) groups excluding carboxylic acids is 1. The van der Waals surface area contributed by atoms with Crippen molar-refractivity contribution in [1.29, 1.82) is 0 Å². The second kappa shape index (κ2) is 13.2. The van der Waals surface area contributed by atoms with Crippen LogP contribution >= 0.6 is 0 Å². The number of hydrogen-bond donors (Lipinski definition) is 3. The molecule has 100 valence electrons. The Labute approximate surface area is 105 Å². The zero-order valence-corrected chi connectivity index (χ0v) is 10.8. The fourth-order valence-electron chi connectivity index (χ4n) is 1.53. The summed E-state index contributed by atoms with van der Waals surface area (Å²) in [6, 6.07) is 0. The van der Waals surface area contributed by atoms with Gasteiger partial charge >= 0.3 is 0 Å². The van der Waals surface area contributed by atoms with Gasteiger partial charge in [-0.15, -0.1) is 6.58 Å². The lowest BCUT2D eigenvalue weighted by Crippen LogP contribution is -2.33. The van der Waals surface area contributed by atoms with Crippen LogP contribution in [0.2, 0.25) is 0 Å². The van der Waals surface area contributed by atoms with Crippen LogP contribution in [0.1, 0.15) is 38.5 Å². The van der Waals surface area contributed by atoms with E-state index in [-0.39, 0.29) is 5.91 Å². The number of allylic oxidation sites excluding steroid dienone is 1. The molecule has 4 heteroatoms. The molecule has 4 nitrogen and oxygen atoms in total. The van der Waals surface area contributed by atoms with Gasteiger partial charge in [0.15, 0.2) is 0 Å². The molecule has 0 aliphatic carbocycles. The number of nitrogens with two attached hydrogens (primary N) is 1. The fraction of sp³-hybridized carbons (Fsp3) is 0.769. The fourth-order valence-corrected chi connectivity index (χ4v) is 1.53. The first-order valence-corrected chi connectivity index (χ1v) is 6.59. The Hall–Kier alpha value is -0.870. The summed E-state index contributed by atoms with van der Waals surface area (Å²) in [5.41, 5.74) is 5.33. The molecule has 17 heavy (non-hydrogen) atoms. The molecule has 0 aliphatic heterocycles. The molecule has 0 aromatic rings. The Balaban J connectivity index is 3.14. The first-order chi connectivity index (χ1) is 8.31. The van der Waals surface area contributed by atoms with Crippen LogP contribution in [0.3, 0.4) is 0 Å². The summed E-state index contributed by atoms with van der Waals surface area (Å²) in [5, 5.41) is 6.02. The van der Waals surface area contributed by atoms with Crippen LogP contribution in [0.4, 0.5) is 0 Å². The van der Waals surface area contributed by atoms with Crippen molar-refractivity contribution in [2.45, 2.75) is 38.5 Å². The minimum Gasteiger partial charge on any atom is -0.355 e. The standard InChI is InChI=1S/C13H27N3O/c1-2-3-4-5-6-7-8-13(17)16-12-11-15-10-9-14/h2,15H,1,3-12,14H2,(H,16,17). The third kappa shape index (κ3) is 13.1. The summed E-state index contributed by atoms with van der Waals surface area (Å²) in [6.07, 6.45) is 8.17. The van der Waals surface area contributed by atoms with Gasteiger partial charge in [-0.25, -0.2) is 0 Å². The lowest BCUT2D eigenvalue weighted by atomic mass is 10.1. The number of hydrogen-bond acceptors (Lipinski definition) is 3. The molecule has 0 heterocycles. The van der Waals surface area contributed by atoms with E-state index >= 15 is 0 Å². The lowest BCUT2D eigenvalue weighted by molar-refractivity contribution is -0.121. The molecule has 0 rings (SSSR count). The van der Waals surface area contributed by atoms with E-state index in [1.54, 1.807) is 0 Å². The van der Waals surface area contributed by atoms with Crippen LogP contribution in [-0.2, 0) is 4.79 Å². The Kier molecular flexibility index (Phi) is 12.5. The molecule has 4 N–H and O–H groups in total. The minimum atomic E-state index is 0.156. The first kappa shape index (κ1) is 16.1. The smallest absolute Gasteiger partial charge is 0.220 e. The summed E-state index contributed by atoms with van der Waals surface area (Å²) in [6.45, 7) is 6.61. The van der Waals surface area contributed by atoms with E-state index in [4.69, 9.17) is 5.73 Å². The molecule has 0 fully saturated rings. The van der Waals surface area contributed by atoms with Crippen molar-refractivity contribution in [3.8, 4) is 0 Å². The molecule has 0 aliphatic rings. The Morgan fingerprint density at radius 3 is 2.59 bits per heavy atom. The van der Waals surface area contributed by atoms with Gasteiger partial charge in [0, 0.05) is 32.6 Å². The zero-order chi connectivity index (χ0) is 12.8. The molecule has 1 amide bonds. The van der Waals surface area contributed by atoms with Crippen molar-refractivity contribution >= 4 is 5.91 Å². The number of amides is 1. The normalized spacial score (nSPS) is 10.2. The monoisotopic (exact) mass is 241 g/mol. The number of rotatable bonds is 12. The lowest BCUT2D eigenvalue weighted by Gasteiger charge is -2.05. The largest absolute Gasteiger partial charge is 0.355 e. The van der Waals surface area contributed by atoms with E-state index in [1.165, 1.54) is 12.8 Å². The van der Waals surface area contributed by atoms with Crippen molar-refractivity contribution in [3.05, 3.63) is 12.7 Å². The maximum absolute atomic E-state index is 11.4. The molecule has 0 saturated heterocycles. The molecule has 0 saturated carbocycles. The van der Waals surface area contributed by atoms with Gasteiger partial charge in [0.25, 0.3) is 0 Å². The maximum atomic E-state index is 11.4. The predicted molar refractivity (Wildman–Crippen MR) is 72.8 cm³/mol. The van der Waals surface area contributed by atoms with Gasteiger partial charge in [0.05, 0.1) is 0 Å². The van der Waals surface area contributed by atoms with Crippen LogP contribution in [0, 0.1) is 0 Å². The predicted octanol–water partition coefficient (Wildman–Crippen LogP) is 1.18. The van der Waals surface area contributed by atoms with Gasteiger partial charge in [-0.3, -0.25) is 4.79 Å². The van der Waals surface area contributed by atoms with Crippen LogP contribution in [0.25, 0.3) is 0 Å². The summed E-state index contributed by atoms with van der Waals surface area (Å²) < 4.78 is 0. The molecular formula is C13H27N3O. The third-order valence-electron chi connectivity index (χ3n) is 2.51. The molecule has 0 unspecified atom stereocenters. The highest BCUT2D eigenvalue weighted by atomic mass is 16.1. The van der Waals surface area contributed by atoms with Crippen molar-refractivity contribution in [2.24, 2.45) is 5.73 Å². The molecule has 0 aromatic heterocycles. The van der Waals surface area contributed by atoms with Crippen molar-refractivity contribution in [3.63, 3.8) is 0 Å². The van der Waals surface area contributed by atoms with Gasteiger partial charge in [-0.1, -0.05) is 18.9 Å². The van der Waals surface area contributed by atoms with Crippen molar-refractivity contribution in [2.75, 3.05) is 26.2 Å². The molecule has 0 aromatic carbocycles. The maximum Gasteiger partial charge on any atom is 0.220 e. The minimum absolute atomic E-state index is 0.156. The van der Waals surface area contributed by atoms with Crippen molar-refractivity contribution < 1.29 is 4.79 Å². The number of nitrogens with one attached hydrogen (secondary N) is 2. The topological polar surface area (TPSA) is 67.2 Å². The van der Waals surface area contributed by atoms with E-state index in [1.807, 2.05) is 6.08 Å². The van der Waals surface area contributed by atoms with Gasteiger partial charge in [0.1, 0.15) is 0 Å². The Morgan fingerprint density at radius 2 is 1.88 bits per heavy atom. The number of carbonyl (C=O) groups is 1. The third-order valence-corrected chi connectivity index (χ3v) is 2.51. The SMILES string of the molecule is C=CCCCCCCC(=O)NCCNCCN. The second-order valence-electron chi connectivity index (χ2n) is 4.13. The molecular weight excluding hydrogens is 214 g/mol. The van der Waals surface area contributed by atoms with Crippen LogP contribution in [0.5, 0.6) is 0 Å². The van der Waals surface area contributed by atoms with Gasteiger partial charge in [-0.05, 0) is 19.3 Å². The average Bonchev–Trinajstić information content (AvgIpc) is 2.33. The summed E-state index contributed by atoms with van der Waals surface area (Å²) in [7, 11) is 0. The molecule has 0 bridgehead atoms. The summed E-state index contributed by atoms with van der Waals surface area (Å²) >= 11 is 0. The summed E-state index contributed by atoms with van der Waals surface area (Å²) in [5.74, 6) is 0.156. The molecule has 0 spiro atoms. The highest BCUT2D eigenvalue weighted by Gasteiger charge is 1.99. The molecule has 0 atom stereocenters. The Morgan fingerprint density at radius 1 is 1.12 bits per heavy atom. The first-order valence-electron chi connectivity index (χ1n) is 6.59. The van der Waals surface area contributed by atoms with Crippen LogP contribution in [-0.4, -0.2) is 32.1 Å². The zero-order valence-electron chi connectivity index (χ0n) is 10.8. The number of unbranched alkanes of at least 4 members (excludes halogenated alkanes) is 4.